The van der Waals surface area contributed by atoms with Crippen LogP contribution in [0.1, 0.15) is 486 Å². The second-order valence-corrected chi connectivity index (χ2v) is 44.0. The summed E-state index contributed by atoms with van der Waals surface area (Å²) in [6, 6.07) is 0.642. The maximum Gasteiger partial charge on any atom is 0.216 e. The van der Waals surface area contributed by atoms with E-state index in [4.69, 9.17) is 50.2 Å². The Bertz CT molecular complexity index is 1960. The number of allylic oxidation sites excluding steroid dienone is 1. The first kappa shape index (κ1) is 176. The normalized spacial score (nSPS) is 10.3. The van der Waals surface area contributed by atoms with Crippen LogP contribution >= 0.6 is 0 Å². The average molecular weight is 1920 g/mol. The summed E-state index contributed by atoms with van der Waals surface area (Å²) in [5, 5.41) is 37.6. The molecule has 17 nitrogen and oxygen atoms in total. The molecule has 0 fully saturated rings. The number of hydrogen-bond donors (Lipinski definition) is 11. The van der Waals surface area contributed by atoms with Gasteiger partial charge in [0, 0.05) is 71.9 Å². The van der Waals surface area contributed by atoms with Crippen molar-refractivity contribution in [2.45, 2.75) is 498 Å². The van der Waals surface area contributed by atoms with Gasteiger partial charge in [0.1, 0.15) is 24.1 Å². The minimum atomic E-state index is -0.769. The third kappa shape index (κ3) is 376. The summed E-state index contributed by atoms with van der Waals surface area (Å²) in [6.45, 7) is 115. The monoisotopic (exact) mass is 1920 g/mol. The number of rotatable bonds is 48. The standard InChI is InChI=1S/C8H19N.C7H15NO.C7H17NO.2C7H17N.C7H14O.2C7H16.C6H12O.C6H14.C6H12.2C6H10.C5H13NO2.3C5H13N.C5H12O.C5H10O/c1-7(2)5-6-9-8(3)4;1-6(2)4-5-8-7(3)9;1-3-4-5-8-6-7-9-2;1-7(2)5-6-8(3)4;1-4-8-6-5-7(2)3;1-6(8)5-7(2,3)4;2*1-4-5-6-7(2)3;1-5(2)4-6(3)7;4*1-4-5-6(2)3;1-4(2)3-5(7)6-8;5*1-5(2)3-4-6/h7-9H,5-6H2,1-4H3;6H,4-5H2,1-3H3,(H,8,9);8H,3-7H2,1-2H3;7H,5-6H2,1-4H3;7-8H,4-6H2,1-3H3;5H2,1-4H3;2*7H,4-6H2,1-3H3;5H,4H2,1-3H3;6H,4-5H2,1-3H3;4,6H,1,5H2,2-3H3;2*1,6H,5H2,2-3H3;4-8H,3H2,1-2H3;3*5H,3-4,6H2,1-2H3;5-6H,3-4H2,1-2H3;4-5H,3H2,1-2H3/t;;;;;;;;;;;;;5-;;;;;/m.............0...../s1. The van der Waals surface area contributed by atoms with Crippen molar-refractivity contribution in [3.63, 3.8) is 0 Å². The molecule has 0 bridgehead atoms. The number of unbranched alkanes of at least 4 members (excludes halogenated alkanes) is 3. The van der Waals surface area contributed by atoms with E-state index >= 15 is 0 Å². The molecule has 0 aromatic rings. The van der Waals surface area contributed by atoms with Gasteiger partial charge in [0.05, 0.1) is 6.61 Å². The van der Waals surface area contributed by atoms with Gasteiger partial charge in [-0.25, -0.2) is 0 Å². The summed E-state index contributed by atoms with van der Waals surface area (Å²) in [6.07, 6.45) is 40.6. The number of amides is 1. The number of nitrogens with zero attached hydrogens (tertiary/aromatic N) is 1. The highest BCUT2D eigenvalue weighted by molar-refractivity contribution is 5.76. The van der Waals surface area contributed by atoms with Crippen LogP contribution in [0.25, 0.3) is 0 Å². The van der Waals surface area contributed by atoms with Crippen molar-refractivity contribution in [1.82, 2.24) is 31.6 Å². The average Bonchev–Trinajstić information content (AvgIpc) is 0.972. The zero-order valence-corrected chi connectivity index (χ0v) is 101. The molecule has 0 spiro atoms. The predicted molar refractivity (Wildman–Crippen MR) is 614 cm³/mol. The highest BCUT2D eigenvalue weighted by atomic mass is 16.5. The lowest BCUT2D eigenvalue weighted by atomic mass is 9.91. The van der Waals surface area contributed by atoms with E-state index in [0.717, 1.165) is 182 Å². The third-order valence-electron chi connectivity index (χ3n) is 16.5. The SMILES string of the molecule is C#CCC(C)C.C#CCC(C)C.C=CCC(C)C.CC(=O)CC(C)(C)C.CC(=O)CC(C)C.CC(=O)NCCC(C)C.CC(C)CC=O.CC(C)CCN.CC(C)CCN.CC(C)CCN.CC(C)CCN(C)C.CC(C)CCNC(C)C.CC(C)CCO.CC(C)C[C@H](O)NO.CCCC(C)C.CCCCC(C)C.CCCCC(C)C.CCCCNCCOC.CCNCCC(C)C. The molecule has 0 saturated carbocycles. The molecule has 134 heavy (non-hydrogen) atoms. The Labute approximate surface area is 848 Å². The summed E-state index contributed by atoms with van der Waals surface area (Å²) in [5.41, 5.74) is 17.6. The number of nitrogens with one attached hydrogen (secondary N) is 5. The van der Waals surface area contributed by atoms with E-state index in [1.807, 2.05) is 47.6 Å². The molecule has 0 aliphatic heterocycles. The molecule has 17 heteroatoms. The number of Topliss-reactive ketones (excluding diaryl/α,β-unsaturated/α-hetero) is 2. The molecule has 14 N–H and O–H groups in total. The van der Waals surface area contributed by atoms with Gasteiger partial charge >= 0.3 is 0 Å². The van der Waals surface area contributed by atoms with E-state index in [1.54, 1.807) is 33.4 Å². The van der Waals surface area contributed by atoms with Gasteiger partial charge in [0.2, 0.25) is 5.91 Å². The van der Waals surface area contributed by atoms with Gasteiger partial charge in [0.15, 0.2) is 0 Å². The quantitative estimate of drug-likeness (QED) is 0.00675. The first-order valence-corrected chi connectivity index (χ1v) is 54.0. The summed E-state index contributed by atoms with van der Waals surface area (Å²) in [5.74, 6) is 18.2. The number of hydroxylamine groups is 1. The van der Waals surface area contributed by atoms with Gasteiger partial charge in [-0.3, -0.25) is 4.79 Å². The fourth-order valence-electron chi connectivity index (χ4n) is 8.76. The van der Waals surface area contributed by atoms with E-state index in [9.17, 15) is 19.2 Å². The number of methoxy groups -OCH3 is 1. The molecule has 0 aliphatic rings. The first-order valence-electron chi connectivity index (χ1n) is 54.0. The maximum atomic E-state index is 10.5. The van der Waals surface area contributed by atoms with Crippen molar-refractivity contribution in [3.8, 4) is 24.7 Å². The molecular formula is C117H263N9O8. The van der Waals surface area contributed by atoms with Crippen molar-refractivity contribution < 1.29 is 39.3 Å². The molecule has 0 unspecified atom stereocenters. The summed E-state index contributed by atoms with van der Waals surface area (Å²) in [4.78, 5) is 42.9. The van der Waals surface area contributed by atoms with Crippen molar-refractivity contribution in [1.29, 1.82) is 0 Å². The lowest BCUT2D eigenvalue weighted by molar-refractivity contribution is -0.119. The minimum Gasteiger partial charge on any atom is -0.396 e. The molecule has 1 atom stereocenters. The molecule has 0 aromatic heterocycles. The largest absolute Gasteiger partial charge is 0.396 e. The van der Waals surface area contributed by atoms with Crippen LogP contribution in [0.15, 0.2) is 12.7 Å². The highest BCUT2D eigenvalue weighted by Crippen LogP contribution is 2.18. The van der Waals surface area contributed by atoms with Gasteiger partial charge < -0.3 is 77.9 Å². The Hall–Kier alpha value is -3.14. The van der Waals surface area contributed by atoms with E-state index < -0.39 is 6.23 Å². The van der Waals surface area contributed by atoms with E-state index in [2.05, 4.69) is 322 Å². The van der Waals surface area contributed by atoms with Crippen LogP contribution in [-0.2, 0) is 23.9 Å². The van der Waals surface area contributed by atoms with Crippen molar-refractivity contribution in [2.24, 2.45) is 123 Å². The molecule has 1 amide bonds. The Morgan fingerprint density at radius 2 is 0.784 bits per heavy atom. The Morgan fingerprint density at radius 1 is 0.433 bits per heavy atom. The minimum absolute atomic E-state index is 0.0654. The van der Waals surface area contributed by atoms with Gasteiger partial charge in [0.25, 0.3) is 0 Å². The number of ketones is 2. The fraction of sp³-hybridized carbons (Fsp3) is 0.915. The molecule has 0 saturated heterocycles. The Kier molecular flexibility index (Phi) is 201. The summed E-state index contributed by atoms with van der Waals surface area (Å²) >= 11 is 0. The number of ether oxygens (including phenoxy) is 1. The number of hydrogen-bond acceptors (Lipinski definition) is 16. The van der Waals surface area contributed by atoms with E-state index in [1.165, 1.54) is 96.6 Å². The van der Waals surface area contributed by atoms with E-state index in [-0.39, 0.29) is 22.9 Å². The third-order valence-corrected chi connectivity index (χ3v) is 16.5. The first-order chi connectivity index (χ1) is 61.7. The summed E-state index contributed by atoms with van der Waals surface area (Å²) < 4.78 is 4.86. The second kappa shape index (κ2) is 153. The van der Waals surface area contributed by atoms with Crippen molar-refractivity contribution in [3.05, 3.63) is 12.7 Å². The van der Waals surface area contributed by atoms with Crippen LogP contribution in [0.5, 0.6) is 0 Å². The Morgan fingerprint density at radius 3 is 0.910 bits per heavy atom. The fourth-order valence-corrected chi connectivity index (χ4v) is 8.76. The zero-order chi connectivity index (χ0) is 110. The molecule has 824 valence electrons. The van der Waals surface area contributed by atoms with Crippen LogP contribution in [0.2, 0.25) is 0 Å². The molecule has 0 aliphatic carbocycles. The van der Waals surface area contributed by atoms with Crippen molar-refractivity contribution in [2.75, 3.05) is 99.9 Å². The molecule has 0 heterocycles. The lowest BCUT2D eigenvalue weighted by Crippen LogP contribution is -2.26. The van der Waals surface area contributed by atoms with Gasteiger partial charge in [-0.2, -0.15) is 5.48 Å². The Balaban J connectivity index is -0.0000000614. The number of aliphatic hydroxyl groups excluding tert-OH is 2. The topological polar surface area (TPSA) is 280 Å². The van der Waals surface area contributed by atoms with Crippen LogP contribution in [0.3, 0.4) is 0 Å². The maximum absolute atomic E-state index is 10.5. The number of terminal acetylenes is 2. The lowest BCUT2D eigenvalue weighted by Gasteiger charge is -2.14. The summed E-state index contributed by atoms with van der Waals surface area (Å²) in [7, 11) is 5.95. The molecule has 0 aromatic carbocycles. The van der Waals surface area contributed by atoms with Crippen LogP contribution in [0, 0.1) is 131 Å². The number of aldehydes is 1. The van der Waals surface area contributed by atoms with Gasteiger partial charge in [-0.1, -0.05) is 369 Å². The van der Waals surface area contributed by atoms with Gasteiger partial charge in [-0.15, -0.1) is 31.3 Å². The van der Waals surface area contributed by atoms with Gasteiger partial charge in [-0.05, 0) is 257 Å². The van der Waals surface area contributed by atoms with E-state index in [0.29, 0.717) is 73.3 Å². The smallest absolute Gasteiger partial charge is 0.216 e. The second-order valence-electron chi connectivity index (χ2n) is 44.0. The van der Waals surface area contributed by atoms with Crippen LogP contribution < -0.4 is 43.9 Å². The number of nitrogens with two attached hydrogens (primary N) is 3. The highest BCUT2D eigenvalue weighted by Gasteiger charge is 2.12. The molecule has 0 rings (SSSR count). The van der Waals surface area contributed by atoms with Crippen molar-refractivity contribution >= 4 is 23.8 Å². The van der Waals surface area contributed by atoms with Crippen LogP contribution in [0.4, 0.5) is 0 Å². The molecular weight excluding hydrogens is 1660 g/mol. The number of carbonyl (C=O) groups is 4. The molecule has 0 radical (unpaired) electrons. The predicted octanol–water partition coefficient (Wildman–Crippen LogP) is 30.3. The number of carbonyl (C=O) groups excluding carboxylic acids is 4. The zero-order valence-electron chi connectivity index (χ0n) is 101. The van der Waals surface area contributed by atoms with Crippen LogP contribution in [-0.4, -0.2) is 156 Å². The number of aliphatic hydroxyl groups is 2.